The van der Waals surface area contributed by atoms with Gasteiger partial charge in [0.1, 0.15) is 0 Å². The lowest BCUT2D eigenvalue weighted by Crippen LogP contribution is -2.29. The molecule has 0 aliphatic carbocycles. The Bertz CT molecular complexity index is 870. The van der Waals surface area contributed by atoms with Crippen molar-refractivity contribution in [3.63, 3.8) is 0 Å². The number of aryl methyl sites for hydroxylation is 2. The zero-order chi connectivity index (χ0) is 17.8. The largest absolute Gasteiger partial charge is 0.344 e. The topological polar surface area (TPSA) is 72.7 Å². The van der Waals surface area contributed by atoms with Crippen LogP contribution in [0.4, 0.5) is 0 Å². The third kappa shape index (κ3) is 3.74. The molecule has 3 aromatic rings. The van der Waals surface area contributed by atoms with Crippen LogP contribution in [0.15, 0.2) is 48.7 Å². The molecule has 0 bridgehead atoms. The molecule has 6 nitrogen and oxygen atoms in total. The molecule has 0 fully saturated rings. The van der Waals surface area contributed by atoms with Crippen LogP contribution in [-0.4, -0.2) is 25.9 Å². The van der Waals surface area contributed by atoms with Crippen LogP contribution in [0.1, 0.15) is 41.1 Å². The first-order valence-electron chi connectivity index (χ1n) is 8.28. The molecule has 2 heterocycles. The number of carbonyl (C=O) groups is 1. The third-order valence-corrected chi connectivity index (χ3v) is 4.15. The zero-order valence-electron chi connectivity index (χ0n) is 14.6. The molecule has 6 heteroatoms. The van der Waals surface area contributed by atoms with Crippen molar-refractivity contribution >= 4 is 5.91 Å². The Morgan fingerprint density at radius 1 is 1.20 bits per heavy atom. The summed E-state index contributed by atoms with van der Waals surface area (Å²) in [6.45, 7) is 3.93. The Kier molecular flexibility index (Phi) is 4.88. The molecule has 3 rings (SSSR count). The van der Waals surface area contributed by atoms with E-state index in [1.807, 2.05) is 57.3 Å². The second-order valence-corrected chi connectivity index (χ2v) is 5.95. The molecule has 0 spiro atoms. The molecule has 0 aliphatic heterocycles. The summed E-state index contributed by atoms with van der Waals surface area (Å²) in [6, 6.07) is 13.1. The van der Waals surface area contributed by atoms with Crippen molar-refractivity contribution in [3.8, 4) is 11.3 Å². The van der Waals surface area contributed by atoms with Crippen molar-refractivity contribution in [1.29, 1.82) is 0 Å². The SMILES string of the molecule is CCC(NC(=O)c1cccc(-c2ccc(C)nn2)c1)c1ccnn1C. The van der Waals surface area contributed by atoms with Crippen LogP contribution in [0.25, 0.3) is 11.3 Å². The van der Waals surface area contributed by atoms with E-state index in [1.54, 1.807) is 16.9 Å². The smallest absolute Gasteiger partial charge is 0.251 e. The highest BCUT2D eigenvalue weighted by Gasteiger charge is 2.17. The van der Waals surface area contributed by atoms with Crippen molar-refractivity contribution in [2.45, 2.75) is 26.3 Å². The highest BCUT2D eigenvalue weighted by atomic mass is 16.1. The third-order valence-electron chi connectivity index (χ3n) is 4.15. The molecular formula is C19H21N5O. The van der Waals surface area contributed by atoms with Crippen LogP contribution in [0.5, 0.6) is 0 Å². The van der Waals surface area contributed by atoms with E-state index < -0.39 is 0 Å². The Labute approximate surface area is 146 Å². The maximum absolute atomic E-state index is 12.7. The lowest BCUT2D eigenvalue weighted by molar-refractivity contribution is 0.0934. The first kappa shape index (κ1) is 16.8. The summed E-state index contributed by atoms with van der Waals surface area (Å²) in [5, 5.41) is 15.5. The number of hydrogen-bond acceptors (Lipinski definition) is 4. The molecule has 0 aliphatic rings. The summed E-state index contributed by atoms with van der Waals surface area (Å²) in [7, 11) is 1.88. The summed E-state index contributed by atoms with van der Waals surface area (Å²) in [5.41, 5.74) is 4.06. The minimum atomic E-state index is -0.116. The van der Waals surface area contributed by atoms with Crippen LogP contribution in [0.3, 0.4) is 0 Å². The predicted octanol–water partition coefficient (Wildman–Crippen LogP) is 3.07. The number of nitrogens with one attached hydrogen (secondary N) is 1. The first-order valence-corrected chi connectivity index (χ1v) is 8.28. The van der Waals surface area contributed by atoms with Gasteiger partial charge in [0.2, 0.25) is 0 Å². The molecule has 0 radical (unpaired) electrons. The summed E-state index contributed by atoms with van der Waals surface area (Å²) < 4.78 is 1.78. The standard InChI is InChI=1S/C19H21N5O/c1-4-16(18-10-11-20-24(18)3)21-19(25)15-7-5-6-14(12-15)17-9-8-13(2)22-23-17/h5-12,16H,4H2,1-3H3,(H,21,25). The molecule has 1 amide bonds. The number of benzene rings is 1. The summed E-state index contributed by atoms with van der Waals surface area (Å²) in [4.78, 5) is 12.7. The first-order chi connectivity index (χ1) is 12.1. The minimum absolute atomic E-state index is 0.0807. The monoisotopic (exact) mass is 335 g/mol. The van der Waals surface area contributed by atoms with E-state index in [0.717, 1.165) is 29.1 Å². The lowest BCUT2D eigenvalue weighted by Gasteiger charge is -2.17. The van der Waals surface area contributed by atoms with Crippen LogP contribution in [-0.2, 0) is 7.05 Å². The van der Waals surface area contributed by atoms with Crippen molar-refractivity contribution in [2.75, 3.05) is 0 Å². The highest BCUT2D eigenvalue weighted by Crippen LogP contribution is 2.20. The van der Waals surface area contributed by atoms with Gasteiger partial charge in [0.05, 0.1) is 23.1 Å². The average Bonchev–Trinajstić information content (AvgIpc) is 3.06. The average molecular weight is 335 g/mol. The molecule has 1 atom stereocenters. The number of nitrogens with zero attached hydrogens (tertiary/aromatic N) is 4. The van der Waals surface area contributed by atoms with Crippen molar-refractivity contribution in [3.05, 3.63) is 65.6 Å². The summed E-state index contributed by atoms with van der Waals surface area (Å²) >= 11 is 0. The van der Waals surface area contributed by atoms with Gasteiger partial charge in [-0.15, -0.1) is 0 Å². The van der Waals surface area contributed by atoms with Gasteiger partial charge in [0, 0.05) is 24.4 Å². The second kappa shape index (κ2) is 7.25. The molecule has 1 N–H and O–H groups in total. The number of aromatic nitrogens is 4. The van der Waals surface area contributed by atoms with E-state index in [0.29, 0.717) is 5.56 Å². The molecule has 1 aromatic carbocycles. The van der Waals surface area contributed by atoms with Gasteiger partial charge in [0.15, 0.2) is 0 Å². The van der Waals surface area contributed by atoms with Gasteiger partial charge >= 0.3 is 0 Å². The van der Waals surface area contributed by atoms with Crippen LogP contribution >= 0.6 is 0 Å². The van der Waals surface area contributed by atoms with Gasteiger partial charge in [-0.2, -0.15) is 15.3 Å². The Hall–Kier alpha value is -3.02. The molecular weight excluding hydrogens is 314 g/mol. The van der Waals surface area contributed by atoms with E-state index in [4.69, 9.17) is 0 Å². The van der Waals surface area contributed by atoms with Crippen LogP contribution in [0, 0.1) is 6.92 Å². The summed E-state index contributed by atoms with van der Waals surface area (Å²) in [5.74, 6) is -0.116. The normalized spacial score (nSPS) is 12.0. The highest BCUT2D eigenvalue weighted by molar-refractivity contribution is 5.95. The molecule has 1 unspecified atom stereocenters. The zero-order valence-corrected chi connectivity index (χ0v) is 14.6. The molecule has 128 valence electrons. The van der Waals surface area contributed by atoms with E-state index in [1.165, 1.54) is 0 Å². The van der Waals surface area contributed by atoms with Crippen molar-refractivity contribution in [2.24, 2.45) is 7.05 Å². The van der Waals surface area contributed by atoms with Gasteiger partial charge in [-0.25, -0.2) is 0 Å². The number of rotatable bonds is 5. The number of carbonyl (C=O) groups excluding carboxylic acids is 1. The Balaban J connectivity index is 1.81. The van der Waals surface area contributed by atoms with Crippen LogP contribution < -0.4 is 5.32 Å². The van der Waals surface area contributed by atoms with Crippen molar-refractivity contribution in [1.82, 2.24) is 25.3 Å². The van der Waals surface area contributed by atoms with E-state index >= 15 is 0 Å². The lowest BCUT2D eigenvalue weighted by atomic mass is 10.1. The van der Waals surface area contributed by atoms with Crippen LogP contribution in [0.2, 0.25) is 0 Å². The summed E-state index contributed by atoms with van der Waals surface area (Å²) in [6.07, 6.45) is 2.52. The van der Waals surface area contributed by atoms with E-state index in [-0.39, 0.29) is 11.9 Å². The maximum atomic E-state index is 12.7. The fourth-order valence-electron chi connectivity index (χ4n) is 2.73. The van der Waals surface area contributed by atoms with Crippen molar-refractivity contribution < 1.29 is 4.79 Å². The Morgan fingerprint density at radius 3 is 2.68 bits per heavy atom. The number of amides is 1. The van der Waals surface area contributed by atoms with Gasteiger partial charge in [0.25, 0.3) is 5.91 Å². The molecule has 0 saturated carbocycles. The second-order valence-electron chi connectivity index (χ2n) is 5.95. The van der Waals surface area contributed by atoms with Gasteiger partial charge in [-0.1, -0.05) is 19.1 Å². The van der Waals surface area contributed by atoms with Gasteiger partial charge in [-0.05, 0) is 43.7 Å². The van der Waals surface area contributed by atoms with Gasteiger partial charge in [-0.3, -0.25) is 9.48 Å². The Morgan fingerprint density at radius 2 is 2.04 bits per heavy atom. The van der Waals surface area contributed by atoms with E-state index in [9.17, 15) is 4.79 Å². The predicted molar refractivity (Wildman–Crippen MR) is 95.9 cm³/mol. The minimum Gasteiger partial charge on any atom is -0.344 e. The molecule has 2 aromatic heterocycles. The van der Waals surface area contributed by atoms with Gasteiger partial charge < -0.3 is 5.32 Å². The molecule has 25 heavy (non-hydrogen) atoms. The fraction of sp³-hybridized carbons (Fsp3) is 0.263. The maximum Gasteiger partial charge on any atom is 0.251 e. The fourth-order valence-corrected chi connectivity index (χ4v) is 2.73. The quantitative estimate of drug-likeness (QED) is 0.778. The van der Waals surface area contributed by atoms with E-state index in [2.05, 4.69) is 20.6 Å². The molecule has 0 saturated heterocycles. The number of hydrogen-bond donors (Lipinski definition) is 1.